The summed E-state index contributed by atoms with van der Waals surface area (Å²) >= 11 is 0. The van der Waals surface area contributed by atoms with E-state index in [0.29, 0.717) is 23.7 Å². The van der Waals surface area contributed by atoms with Gasteiger partial charge >= 0.3 is 0 Å². The first-order valence-corrected chi connectivity index (χ1v) is 8.92. The van der Waals surface area contributed by atoms with Gasteiger partial charge in [0, 0.05) is 25.2 Å². The third-order valence-corrected chi connectivity index (χ3v) is 4.87. The second-order valence-corrected chi connectivity index (χ2v) is 6.74. The van der Waals surface area contributed by atoms with Gasteiger partial charge < -0.3 is 14.8 Å². The number of nitrogens with zero attached hydrogens (tertiary/aromatic N) is 2. The van der Waals surface area contributed by atoms with Crippen LogP contribution in [0, 0.1) is 17.0 Å². The lowest BCUT2D eigenvalue weighted by molar-refractivity contribution is -0.384. The Morgan fingerprint density at radius 1 is 1.18 bits per heavy atom. The lowest BCUT2D eigenvalue weighted by atomic mass is 9.99. The van der Waals surface area contributed by atoms with E-state index in [2.05, 4.69) is 5.32 Å². The minimum atomic E-state index is -0.474. The van der Waals surface area contributed by atoms with Gasteiger partial charge in [-0.3, -0.25) is 19.8 Å². The lowest BCUT2D eigenvalue weighted by Gasteiger charge is -2.29. The molecule has 8 heteroatoms. The van der Waals surface area contributed by atoms with E-state index in [1.807, 2.05) is 17.0 Å². The predicted molar refractivity (Wildman–Crippen MR) is 105 cm³/mol. The van der Waals surface area contributed by atoms with Crippen molar-refractivity contribution in [2.75, 3.05) is 32.6 Å². The Balaban J connectivity index is 1.68. The zero-order valence-electron chi connectivity index (χ0n) is 16.2. The van der Waals surface area contributed by atoms with Gasteiger partial charge in [0.15, 0.2) is 11.5 Å². The van der Waals surface area contributed by atoms with Crippen LogP contribution in [0.1, 0.15) is 16.7 Å². The van der Waals surface area contributed by atoms with Crippen LogP contribution in [-0.4, -0.2) is 43.0 Å². The molecule has 28 heavy (non-hydrogen) atoms. The first-order chi connectivity index (χ1) is 13.4. The van der Waals surface area contributed by atoms with Gasteiger partial charge in [-0.05, 0) is 42.2 Å². The summed E-state index contributed by atoms with van der Waals surface area (Å²) in [5.41, 5.74) is 3.48. The van der Waals surface area contributed by atoms with Crippen LogP contribution < -0.4 is 14.8 Å². The summed E-state index contributed by atoms with van der Waals surface area (Å²) in [6.07, 6.45) is 0.804. The van der Waals surface area contributed by atoms with E-state index >= 15 is 0 Å². The standard InChI is InChI=1S/C20H23N3O5/c1-13-4-5-16(23(25)26)10-17(13)21-20(24)12-22-7-6-14-8-18(27-2)19(28-3)9-15(14)11-22/h4-5,8-10H,6-7,11-12H2,1-3H3,(H,21,24). The molecule has 1 N–H and O–H groups in total. The molecule has 0 atom stereocenters. The summed E-state index contributed by atoms with van der Waals surface area (Å²) in [4.78, 5) is 25.0. The van der Waals surface area contributed by atoms with Crippen molar-refractivity contribution in [1.29, 1.82) is 0 Å². The Morgan fingerprint density at radius 3 is 2.50 bits per heavy atom. The summed E-state index contributed by atoms with van der Waals surface area (Å²) in [5, 5.41) is 13.7. The summed E-state index contributed by atoms with van der Waals surface area (Å²) in [6, 6.07) is 8.37. The van der Waals surface area contributed by atoms with Crippen LogP contribution in [0.4, 0.5) is 11.4 Å². The van der Waals surface area contributed by atoms with Gasteiger partial charge in [-0.1, -0.05) is 6.07 Å². The van der Waals surface area contributed by atoms with Crippen molar-refractivity contribution in [3.05, 3.63) is 57.1 Å². The number of amides is 1. The van der Waals surface area contributed by atoms with Gasteiger partial charge in [0.1, 0.15) is 0 Å². The number of ether oxygens (including phenoxy) is 2. The fourth-order valence-corrected chi connectivity index (χ4v) is 3.33. The molecule has 1 heterocycles. The minimum Gasteiger partial charge on any atom is -0.493 e. The monoisotopic (exact) mass is 385 g/mol. The smallest absolute Gasteiger partial charge is 0.271 e. The van der Waals surface area contributed by atoms with Gasteiger partial charge in [0.05, 0.1) is 31.4 Å². The average molecular weight is 385 g/mol. The van der Waals surface area contributed by atoms with Crippen LogP contribution in [0.25, 0.3) is 0 Å². The van der Waals surface area contributed by atoms with Crippen LogP contribution in [0.15, 0.2) is 30.3 Å². The highest BCUT2D eigenvalue weighted by molar-refractivity contribution is 5.93. The molecule has 0 saturated carbocycles. The van der Waals surface area contributed by atoms with E-state index < -0.39 is 4.92 Å². The molecule has 1 amide bonds. The zero-order valence-corrected chi connectivity index (χ0v) is 16.2. The van der Waals surface area contributed by atoms with Gasteiger partial charge in [0.25, 0.3) is 5.69 Å². The number of hydrogen-bond acceptors (Lipinski definition) is 6. The molecule has 8 nitrogen and oxygen atoms in total. The number of non-ortho nitro benzene ring substituents is 1. The maximum atomic E-state index is 12.5. The van der Waals surface area contributed by atoms with Crippen molar-refractivity contribution in [3.63, 3.8) is 0 Å². The van der Waals surface area contributed by atoms with E-state index in [1.165, 1.54) is 17.7 Å². The number of fused-ring (bicyclic) bond motifs is 1. The Labute approximate surface area is 163 Å². The number of nitro benzene ring substituents is 1. The quantitative estimate of drug-likeness (QED) is 0.607. The van der Waals surface area contributed by atoms with Crippen LogP contribution in [0.2, 0.25) is 0 Å². The highest BCUT2D eigenvalue weighted by atomic mass is 16.6. The number of nitro groups is 1. The molecule has 0 aromatic heterocycles. The number of methoxy groups -OCH3 is 2. The second kappa shape index (κ2) is 8.26. The van der Waals surface area contributed by atoms with Crippen molar-refractivity contribution >= 4 is 17.3 Å². The number of carbonyl (C=O) groups is 1. The lowest BCUT2D eigenvalue weighted by Crippen LogP contribution is -2.37. The maximum Gasteiger partial charge on any atom is 0.271 e. The average Bonchev–Trinajstić information content (AvgIpc) is 2.68. The highest BCUT2D eigenvalue weighted by Crippen LogP contribution is 2.33. The van der Waals surface area contributed by atoms with E-state index in [9.17, 15) is 14.9 Å². The van der Waals surface area contributed by atoms with Crippen LogP contribution in [0.5, 0.6) is 11.5 Å². The number of rotatable bonds is 6. The van der Waals surface area contributed by atoms with Crippen molar-refractivity contribution in [2.24, 2.45) is 0 Å². The second-order valence-electron chi connectivity index (χ2n) is 6.74. The molecule has 0 aliphatic carbocycles. The van der Waals surface area contributed by atoms with E-state index in [-0.39, 0.29) is 18.1 Å². The van der Waals surface area contributed by atoms with Crippen molar-refractivity contribution in [2.45, 2.75) is 19.9 Å². The molecular weight excluding hydrogens is 362 g/mol. The Kier molecular flexibility index (Phi) is 5.79. The molecule has 1 aliphatic heterocycles. The molecule has 148 valence electrons. The molecule has 2 aromatic rings. The maximum absolute atomic E-state index is 12.5. The molecule has 0 saturated heterocycles. The molecule has 2 aromatic carbocycles. The SMILES string of the molecule is COc1cc2c(cc1OC)CN(CC(=O)Nc1cc([N+](=O)[O-])ccc1C)CC2. The van der Waals surface area contributed by atoms with E-state index in [1.54, 1.807) is 27.2 Å². The van der Waals surface area contributed by atoms with Gasteiger partial charge in [-0.15, -0.1) is 0 Å². The van der Waals surface area contributed by atoms with Crippen LogP contribution >= 0.6 is 0 Å². The van der Waals surface area contributed by atoms with Gasteiger partial charge in [-0.2, -0.15) is 0 Å². The molecular formula is C20H23N3O5. The first kappa shape index (κ1) is 19.6. The highest BCUT2D eigenvalue weighted by Gasteiger charge is 2.21. The molecule has 0 unspecified atom stereocenters. The number of nitrogens with one attached hydrogen (secondary N) is 1. The molecule has 0 radical (unpaired) electrons. The van der Waals surface area contributed by atoms with Crippen molar-refractivity contribution in [3.8, 4) is 11.5 Å². The largest absolute Gasteiger partial charge is 0.493 e. The third-order valence-electron chi connectivity index (χ3n) is 4.87. The third kappa shape index (κ3) is 4.23. The Bertz CT molecular complexity index is 913. The summed E-state index contributed by atoms with van der Waals surface area (Å²) in [5.74, 6) is 1.17. The van der Waals surface area contributed by atoms with Gasteiger partial charge in [0.2, 0.25) is 5.91 Å². The Hall–Kier alpha value is -3.13. The number of aryl methyl sites for hydroxylation is 1. The van der Waals surface area contributed by atoms with Crippen molar-refractivity contribution < 1.29 is 19.2 Å². The fourth-order valence-electron chi connectivity index (χ4n) is 3.33. The van der Waals surface area contributed by atoms with Gasteiger partial charge in [-0.25, -0.2) is 0 Å². The molecule has 0 fully saturated rings. The molecule has 1 aliphatic rings. The number of anilines is 1. The zero-order chi connectivity index (χ0) is 20.3. The summed E-state index contributed by atoms with van der Waals surface area (Å²) in [7, 11) is 3.21. The summed E-state index contributed by atoms with van der Waals surface area (Å²) < 4.78 is 10.7. The minimum absolute atomic E-state index is 0.0474. The topological polar surface area (TPSA) is 93.9 Å². The van der Waals surface area contributed by atoms with Crippen molar-refractivity contribution in [1.82, 2.24) is 4.90 Å². The number of benzene rings is 2. The summed E-state index contributed by atoms with van der Waals surface area (Å²) in [6.45, 7) is 3.37. The fraction of sp³-hybridized carbons (Fsp3) is 0.350. The van der Waals surface area contributed by atoms with E-state index in [4.69, 9.17) is 9.47 Å². The first-order valence-electron chi connectivity index (χ1n) is 8.92. The number of carbonyl (C=O) groups excluding carboxylic acids is 1. The van der Waals surface area contributed by atoms with Crippen LogP contribution in [-0.2, 0) is 17.8 Å². The number of hydrogen-bond donors (Lipinski definition) is 1. The molecule has 3 rings (SSSR count). The van der Waals surface area contributed by atoms with Crippen LogP contribution in [0.3, 0.4) is 0 Å². The predicted octanol–water partition coefficient (Wildman–Crippen LogP) is 2.92. The Morgan fingerprint density at radius 2 is 1.86 bits per heavy atom. The molecule has 0 bridgehead atoms. The molecule has 0 spiro atoms. The van der Waals surface area contributed by atoms with E-state index in [0.717, 1.165) is 24.1 Å². The normalized spacial score (nSPS) is 13.5.